The maximum atomic E-state index is 8.82. The van der Waals surface area contributed by atoms with E-state index in [9.17, 15) is 0 Å². The molecule has 2 aliphatic heterocycles. The minimum Gasteiger partial charge on any atom is -0.369 e. The van der Waals surface area contributed by atoms with E-state index in [2.05, 4.69) is 28.0 Å². The number of rotatable bonds is 1. The summed E-state index contributed by atoms with van der Waals surface area (Å²) in [6, 6.07) is 10.9. The van der Waals surface area contributed by atoms with E-state index in [0.717, 1.165) is 24.7 Å². The first-order chi connectivity index (χ1) is 8.86. The molecule has 3 heteroatoms. The summed E-state index contributed by atoms with van der Waals surface area (Å²) in [4.78, 5) is 5.11. The van der Waals surface area contributed by atoms with Gasteiger partial charge in [-0.3, -0.25) is 4.90 Å². The Morgan fingerprint density at radius 2 is 1.89 bits per heavy atom. The minimum atomic E-state index is 0.739. The molecule has 18 heavy (non-hydrogen) atoms. The van der Waals surface area contributed by atoms with E-state index in [1.807, 2.05) is 12.1 Å². The Kier molecular flexibility index (Phi) is 3.21. The van der Waals surface area contributed by atoms with Gasteiger partial charge in [0.25, 0.3) is 0 Å². The van der Waals surface area contributed by atoms with Crippen molar-refractivity contribution in [1.29, 1.82) is 5.26 Å². The molecule has 3 rings (SSSR count). The van der Waals surface area contributed by atoms with Gasteiger partial charge >= 0.3 is 0 Å². The van der Waals surface area contributed by atoms with Crippen molar-refractivity contribution in [1.82, 2.24) is 4.90 Å². The van der Waals surface area contributed by atoms with Crippen LogP contribution >= 0.6 is 0 Å². The lowest BCUT2D eigenvalue weighted by atomic mass is 9.99. The topological polar surface area (TPSA) is 30.3 Å². The third-order valence-electron chi connectivity index (χ3n) is 4.20. The molecule has 0 radical (unpaired) electrons. The third kappa shape index (κ3) is 2.21. The predicted molar refractivity (Wildman–Crippen MR) is 72.6 cm³/mol. The van der Waals surface area contributed by atoms with E-state index in [4.69, 9.17) is 5.26 Å². The number of hydrogen-bond donors (Lipinski definition) is 0. The van der Waals surface area contributed by atoms with E-state index in [1.165, 1.54) is 38.0 Å². The zero-order valence-electron chi connectivity index (χ0n) is 10.7. The quantitative estimate of drug-likeness (QED) is 0.755. The Labute approximate surface area is 109 Å². The van der Waals surface area contributed by atoms with Gasteiger partial charge < -0.3 is 4.90 Å². The second-order valence-electron chi connectivity index (χ2n) is 5.29. The highest BCUT2D eigenvalue weighted by Crippen LogP contribution is 2.25. The number of hydrogen-bond acceptors (Lipinski definition) is 3. The Bertz CT molecular complexity index is 446. The third-order valence-corrected chi connectivity index (χ3v) is 4.20. The van der Waals surface area contributed by atoms with Crippen LogP contribution in [0, 0.1) is 11.3 Å². The molecule has 0 spiro atoms. The molecule has 0 aromatic heterocycles. The highest BCUT2D eigenvalue weighted by molar-refractivity contribution is 5.50. The molecule has 1 aromatic carbocycles. The van der Waals surface area contributed by atoms with E-state index in [0.29, 0.717) is 0 Å². The van der Waals surface area contributed by atoms with Crippen LogP contribution in [0.2, 0.25) is 0 Å². The molecule has 1 aromatic rings. The zero-order chi connectivity index (χ0) is 12.4. The van der Waals surface area contributed by atoms with Gasteiger partial charge in [0.05, 0.1) is 11.6 Å². The monoisotopic (exact) mass is 241 g/mol. The lowest BCUT2D eigenvalue weighted by Gasteiger charge is -2.44. The average molecular weight is 241 g/mol. The van der Waals surface area contributed by atoms with Crippen molar-refractivity contribution in [2.45, 2.75) is 25.3 Å². The Morgan fingerprint density at radius 1 is 1.06 bits per heavy atom. The van der Waals surface area contributed by atoms with Crippen LogP contribution in [0.15, 0.2) is 24.3 Å². The number of nitrogens with zero attached hydrogens (tertiary/aromatic N) is 3. The molecule has 2 fully saturated rings. The van der Waals surface area contributed by atoms with Gasteiger partial charge in [-0.15, -0.1) is 0 Å². The Morgan fingerprint density at radius 3 is 2.67 bits per heavy atom. The van der Waals surface area contributed by atoms with Gasteiger partial charge in [0.2, 0.25) is 0 Å². The molecule has 0 amide bonds. The number of fused-ring (bicyclic) bond motifs is 1. The molecule has 0 aliphatic carbocycles. The fraction of sp³-hybridized carbons (Fsp3) is 0.533. The lowest BCUT2D eigenvalue weighted by molar-refractivity contribution is 0.133. The molecular formula is C15H19N3. The molecule has 1 unspecified atom stereocenters. The predicted octanol–water partition coefficient (Wildman–Crippen LogP) is 2.23. The van der Waals surface area contributed by atoms with Crippen LogP contribution in [-0.4, -0.2) is 37.1 Å². The normalized spacial score (nSPS) is 24.4. The van der Waals surface area contributed by atoms with Crippen molar-refractivity contribution < 1.29 is 0 Å². The molecule has 2 aliphatic rings. The highest BCUT2D eigenvalue weighted by atomic mass is 15.3. The fourth-order valence-electron chi connectivity index (χ4n) is 3.14. The van der Waals surface area contributed by atoms with Gasteiger partial charge in [0, 0.05) is 31.4 Å². The Balaban J connectivity index is 1.71. The van der Waals surface area contributed by atoms with Gasteiger partial charge in [-0.2, -0.15) is 5.26 Å². The first-order valence-corrected chi connectivity index (χ1v) is 6.86. The van der Waals surface area contributed by atoms with Crippen molar-refractivity contribution in [2.75, 3.05) is 31.1 Å². The fourth-order valence-corrected chi connectivity index (χ4v) is 3.14. The number of piperidine rings is 1. The summed E-state index contributed by atoms with van der Waals surface area (Å²) < 4.78 is 0. The van der Waals surface area contributed by atoms with Gasteiger partial charge in [-0.1, -0.05) is 6.42 Å². The van der Waals surface area contributed by atoms with Crippen molar-refractivity contribution in [3.8, 4) is 6.07 Å². The van der Waals surface area contributed by atoms with Crippen LogP contribution in [0.25, 0.3) is 0 Å². The minimum absolute atomic E-state index is 0.739. The van der Waals surface area contributed by atoms with Crippen molar-refractivity contribution in [3.05, 3.63) is 29.8 Å². The molecule has 0 saturated carbocycles. The highest BCUT2D eigenvalue weighted by Gasteiger charge is 2.28. The number of anilines is 1. The molecule has 0 bridgehead atoms. The Hall–Kier alpha value is -1.53. The smallest absolute Gasteiger partial charge is 0.0991 e. The van der Waals surface area contributed by atoms with Crippen LogP contribution in [0.4, 0.5) is 5.69 Å². The van der Waals surface area contributed by atoms with Gasteiger partial charge in [-0.05, 0) is 43.7 Å². The van der Waals surface area contributed by atoms with Crippen molar-refractivity contribution in [3.63, 3.8) is 0 Å². The number of benzene rings is 1. The molecule has 0 N–H and O–H groups in total. The van der Waals surface area contributed by atoms with Gasteiger partial charge in [-0.25, -0.2) is 0 Å². The first kappa shape index (κ1) is 11.6. The number of nitriles is 1. The lowest BCUT2D eigenvalue weighted by Crippen LogP contribution is -2.54. The maximum absolute atomic E-state index is 8.82. The van der Waals surface area contributed by atoms with E-state index < -0.39 is 0 Å². The van der Waals surface area contributed by atoms with Crippen LogP contribution in [0.3, 0.4) is 0 Å². The first-order valence-electron chi connectivity index (χ1n) is 6.86. The summed E-state index contributed by atoms with van der Waals surface area (Å²) in [6.45, 7) is 4.73. The second kappa shape index (κ2) is 4.99. The van der Waals surface area contributed by atoms with E-state index in [-0.39, 0.29) is 0 Å². The summed E-state index contributed by atoms with van der Waals surface area (Å²) in [7, 11) is 0. The molecule has 2 saturated heterocycles. The van der Waals surface area contributed by atoms with Gasteiger partial charge in [0.15, 0.2) is 0 Å². The van der Waals surface area contributed by atoms with E-state index in [1.54, 1.807) is 0 Å². The van der Waals surface area contributed by atoms with E-state index >= 15 is 0 Å². The number of piperazine rings is 1. The maximum Gasteiger partial charge on any atom is 0.0991 e. The van der Waals surface area contributed by atoms with Crippen LogP contribution in [0.5, 0.6) is 0 Å². The molecular weight excluding hydrogens is 222 g/mol. The average Bonchev–Trinajstić information content (AvgIpc) is 2.47. The van der Waals surface area contributed by atoms with Gasteiger partial charge in [0.1, 0.15) is 0 Å². The summed E-state index contributed by atoms with van der Waals surface area (Å²) in [6.07, 6.45) is 4.09. The zero-order valence-corrected chi connectivity index (χ0v) is 10.7. The second-order valence-corrected chi connectivity index (χ2v) is 5.29. The van der Waals surface area contributed by atoms with Crippen LogP contribution in [-0.2, 0) is 0 Å². The van der Waals surface area contributed by atoms with Crippen molar-refractivity contribution >= 4 is 5.69 Å². The molecule has 94 valence electrons. The summed E-state index contributed by atoms with van der Waals surface area (Å²) >= 11 is 0. The van der Waals surface area contributed by atoms with Crippen molar-refractivity contribution in [2.24, 2.45) is 0 Å². The SMILES string of the molecule is N#Cc1ccc(N2CCN3CCCCC3C2)cc1. The summed E-state index contributed by atoms with van der Waals surface area (Å²) in [5.41, 5.74) is 2.01. The standard InChI is InChI=1S/C15H19N3/c16-11-13-4-6-14(7-5-13)18-10-9-17-8-2-1-3-15(17)12-18/h4-7,15H,1-3,8-10,12H2. The van der Waals surface area contributed by atoms with Crippen LogP contribution in [0.1, 0.15) is 24.8 Å². The molecule has 1 atom stereocenters. The molecule has 3 nitrogen and oxygen atoms in total. The van der Waals surface area contributed by atoms with Crippen LogP contribution < -0.4 is 4.90 Å². The summed E-state index contributed by atoms with van der Waals surface area (Å²) in [5, 5.41) is 8.82. The molecule has 2 heterocycles. The summed E-state index contributed by atoms with van der Waals surface area (Å²) in [5.74, 6) is 0. The largest absolute Gasteiger partial charge is 0.369 e.